The lowest BCUT2D eigenvalue weighted by Crippen LogP contribution is -2.12. The topological polar surface area (TPSA) is 69.9 Å². The lowest BCUT2D eigenvalue weighted by molar-refractivity contribution is -0.137. The van der Waals surface area contributed by atoms with Gasteiger partial charge >= 0.3 is 6.18 Å². The first-order valence-electron chi connectivity index (χ1n) is 17.7. The molecule has 0 unspecified atom stereocenters. The highest BCUT2D eigenvalue weighted by Gasteiger charge is 2.39. The average molecular weight is 723 g/mol. The molecule has 0 aliphatic carbocycles. The van der Waals surface area contributed by atoms with E-state index in [1.54, 1.807) is 16.7 Å². The molecule has 0 amide bonds. The van der Waals surface area contributed by atoms with Gasteiger partial charge in [-0.15, -0.1) is 0 Å². The van der Waals surface area contributed by atoms with E-state index in [-0.39, 0.29) is 22.7 Å². The maximum atomic E-state index is 16.0. The van der Waals surface area contributed by atoms with Crippen LogP contribution in [-0.4, -0.2) is 19.5 Å². The molecule has 262 valence electrons. The van der Waals surface area contributed by atoms with Crippen LogP contribution in [0, 0.1) is 0 Å². The Morgan fingerprint density at radius 1 is 0.473 bits per heavy atom. The van der Waals surface area contributed by atoms with Crippen molar-refractivity contribution in [1.29, 1.82) is 0 Å². The van der Waals surface area contributed by atoms with Crippen molar-refractivity contribution in [2.75, 3.05) is 0 Å². The van der Waals surface area contributed by atoms with Gasteiger partial charge in [-0.1, -0.05) is 115 Å². The molecule has 6 nitrogen and oxygen atoms in total. The molecule has 9 heteroatoms. The van der Waals surface area contributed by atoms with E-state index in [0.717, 1.165) is 16.2 Å². The van der Waals surface area contributed by atoms with Crippen molar-refractivity contribution >= 4 is 65.7 Å². The van der Waals surface area contributed by atoms with Crippen LogP contribution in [0.15, 0.2) is 160 Å². The number of para-hydroxylation sites is 3. The second kappa shape index (κ2) is 11.6. The minimum absolute atomic E-state index is 0.0569. The van der Waals surface area contributed by atoms with Crippen LogP contribution in [-0.2, 0) is 6.18 Å². The number of fused-ring (bicyclic) bond motifs is 10. The Bertz CT molecular complexity index is 3250. The van der Waals surface area contributed by atoms with Crippen LogP contribution < -0.4 is 0 Å². The van der Waals surface area contributed by atoms with Crippen molar-refractivity contribution < 1.29 is 22.0 Å². The van der Waals surface area contributed by atoms with Crippen molar-refractivity contribution in [2.45, 2.75) is 6.18 Å². The molecule has 11 rings (SSSR count). The summed E-state index contributed by atoms with van der Waals surface area (Å²) in [5, 5.41) is 4.17. The monoisotopic (exact) mass is 722 g/mol. The van der Waals surface area contributed by atoms with E-state index in [2.05, 4.69) is 0 Å². The zero-order valence-corrected chi connectivity index (χ0v) is 28.7. The maximum absolute atomic E-state index is 16.0. The second-order valence-electron chi connectivity index (χ2n) is 13.4. The zero-order valence-electron chi connectivity index (χ0n) is 28.7. The molecule has 0 saturated heterocycles. The quantitative estimate of drug-likeness (QED) is 0.181. The molecule has 0 aliphatic rings. The van der Waals surface area contributed by atoms with Crippen molar-refractivity contribution in [3.63, 3.8) is 0 Å². The number of hydrogen-bond donors (Lipinski definition) is 0. The summed E-state index contributed by atoms with van der Waals surface area (Å²) in [5.74, 6) is 0.756. The molecule has 0 bridgehead atoms. The molecular weight excluding hydrogens is 698 g/mol. The van der Waals surface area contributed by atoms with Gasteiger partial charge in [0.2, 0.25) is 0 Å². The first-order valence-corrected chi connectivity index (χ1v) is 17.7. The van der Waals surface area contributed by atoms with Gasteiger partial charge in [0.05, 0.1) is 22.0 Å². The van der Waals surface area contributed by atoms with Gasteiger partial charge < -0.3 is 13.4 Å². The highest BCUT2D eigenvalue weighted by molar-refractivity contribution is 6.25. The van der Waals surface area contributed by atoms with Crippen molar-refractivity contribution in [3.05, 3.63) is 157 Å². The van der Waals surface area contributed by atoms with Gasteiger partial charge in [0.25, 0.3) is 0 Å². The largest absolute Gasteiger partial charge is 0.456 e. The van der Waals surface area contributed by atoms with Crippen molar-refractivity contribution in [3.8, 4) is 39.9 Å². The van der Waals surface area contributed by atoms with Crippen LogP contribution >= 0.6 is 0 Å². The number of furan rings is 2. The van der Waals surface area contributed by atoms with Crippen LogP contribution in [0.3, 0.4) is 0 Å². The summed E-state index contributed by atoms with van der Waals surface area (Å²) in [6.45, 7) is 0. The van der Waals surface area contributed by atoms with Gasteiger partial charge in [-0.2, -0.15) is 13.2 Å². The normalized spacial score (nSPS) is 12.3. The number of rotatable bonds is 4. The molecule has 55 heavy (non-hydrogen) atoms. The number of nitrogens with zero attached hydrogens (tertiary/aromatic N) is 4. The molecule has 4 heterocycles. The molecule has 0 fully saturated rings. The number of benzene rings is 7. The average Bonchev–Trinajstić information content (AvgIpc) is 3.90. The Hall–Kier alpha value is -7.26. The number of halogens is 3. The predicted molar refractivity (Wildman–Crippen MR) is 210 cm³/mol. The molecule has 0 aliphatic heterocycles. The van der Waals surface area contributed by atoms with E-state index in [4.69, 9.17) is 23.8 Å². The standard InChI is InChI=1S/C46H25F3N4O2/c47-46(48,49)33-25-32(45-51-43(26-13-3-1-4-14-26)50-44(52-45)27-15-5-2-6-16-27)38-30-18-8-12-22-36(30)55-42(38)41(33)53-34-20-10-7-17-28(34)29-23-24-37-39(40(29)53)31-19-9-11-21-35(31)54-37/h1-25H. The van der Waals surface area contributed by atoms with Crippen LogP contribution in [0.2, 0.25) is 0 Å². The van der Waals surface area contributed by atoms with Crippen LogP contribution in [0.1, 0.15) is 5.56 Å². The molecule has 4 aromatic heterocycles. The summed E-state index contributed by atoms with van der Waals surface area (Å²) in [4.78, 5) is 14.5. The second-order valence-corrected chi connectivity index (χ2v) is 13.4. The summed E-state index contributed by atoms with van der Waals surface area (Å²) >= 11 is 0. The summed E-state index contributed by atoms with van der Waals surface area (Å²) in [5.41, 5.74) is 3.41. The molecule has 7 aromatic carbocycles. The van der Waals surface area contributed by atoms with Crippen molar-refractivity contribution in [1.82, 2.24) is 19.5 Å². The van der Waals surface area contributed by atoms with Gasteiger partial charge in [0.1, 0.15) is 22.4 Å². The molecule has 0 spiro atoms. The Morgan fingerprint density at radius 3 is 1.67 bits per heavy atom. The van der Waals surface area contributed by atoms with Gasteiger partial charge in [-0.3, -0.25) is 0 Å². The molecular formula is C46H25F3N4O2. The Balaban J connectivity index is 1.33. The van der Waals surface area contributed by atoms with E-state index in [0.29, 0.717) is 66.7 Å². The Kier molecular flexibility index (Phi) is 6.61. The summed E-state index contributed by atoms with van der Waals surface area (Å²) < 4.78 is 62.5. The van der Waals surface area contributed by atoms with E-state index < -0.39 is 11.7 Å². The Morgan fingerprint density at radius 2 is 1.02 bits per heavy atom. The predicted octanol–water partition coefficient (Wildman–Crippen LogP) is 12.8. The SMILES string of the molecule is FC(F)(F)c1cc(-c2nc(-c3ccccc3)nc(-c3ccccc3)n2)c2c(oc3ccccc32)c1-n1c2ccccc2c2ccc3oc4ccccc4c3c21. The highest BCUT2D eigenvalue weighted by atomic mass is 19.4. The minimum atomic E-state index is -4.83. The third-order valence-corrected chi connectivity index (χ3v) is 10.3. The van der Waals surface area contributed by atoms with Crippen LogP contribution in [0.25, 0.3) is 106 Å². The van der Waals surface area contributed by atoms with Crippen molar-refractivity contribution in [2.24, 2.45) is 0 Å². The van der Waals surface area contributed by atoms with Gasteiger partial charge in [-0.05, 0) is 36.4 Å². The van der Waals surface area contributed by atoms with Gasteiger partial charge in [-0.25, -0.2) is 15.0 Å². The van der Waals surface area contributed by atoms with E-state index in [9.17, 15) is 0 Å². The molecule has 0 N–H and O–H groups in total. The van der Waals surface area contributed by atoms with E-state index in [1.165, 1.54) is 6.07 Å². The highest BCUT2D eigenvalue weighted by Crippen LogP contribution is 2.49. The molecule has 0 saturated carbocycles. The van der Waals surface area contributed by atoms with Gasteiger partial charge in [0.15, 0.2) is 23.1 Å². The number of alkyl halides is 3. The molecule has 0 atom stereocenters. The summed E-state index contributed by atoms with van der Waals surface area (Å²) in [6.07, 6.45) is -4.83. The maximum Gasteiger partial charge on any atom is 0.418 e. The molecule has 11 aromatic rings. The summed E-state index contributed by atoms with van der Waals surface area (Å²) in [6, 6.07) is 46.0. The fraction of sp³-hybridized carbons (Fsp3) is 0.0217. The van der Waals surface area contributed by atoms with E-state index >= 15 is 13.2 Å². The zero-order chi connectivity index (χ0) is 36.8. The lowest BCUT2D eigenvalue weighted by Gasteiger charge is -2.19. The molecule has 0 radical (unpaired) electrons. The fourth-order valence-electron chi connectivity index (χ4n) is 7.93. The third kappa shape index (κ3) is 4.72. The van der Waals surface area contributed by atoms with Crippen LogP contribution in [0.4, 0.5) is 13.2 Å². The lowest BCUT2D eigenvalue weighted by atomic mass is 9.99. The number of aromatic nitrogens is 4. The third-order valence-electron chi connectivity index (χ3n) is 10.3. The van der Waals surface area contributed by atoms with E-state index in [1.807, 2.05) is 133 Å². The summed E-state index contributed by atoms with van der Waals surface area (Å²) in [7, 11) is 0. The first-order chi connectivity index (χ1) is 26.9. The fourth-order valence-corrected chi connectivity index (χ4v) is 7.93. The van der Waals surface area contributed by atoms with Gasteiger partial charge in [0, 0.05) is 43.6 Å². The Labute approximate surface area is 309 Å². The smallest absolute Gasteiger partial charge is 0.418 e. The number of hydrogen-bond acceptors (Lipinski definition) is 5. The first kappa shape index (κ1) is 31.3. The minimum Gasteiger partial charge on any atom is -0.456 e. The van der Waals surface area contributed by atoms with Crippen LogP contribution in [0.5, 0.6) is 0 Å².